The highest BCUT2D eigenvalue weighted by Crippen LogP contribution is 2.41. The Hall–Kier alpha value is -3.12. The molecule has 0 saturated heterocycles. The maximum absolute atomic E-state index is 11.1. The Labute approximate surface area is 377 Å². The van der Waals surface area contributed by atoms with Crippen molar-refractivity contribution in [3.8, 4) is 12.8 Å². The Balaban J connectivity index is -0.000000255. The van der Waals surface area contributed by atoms with E-state index in [1.54, 1.807) is 6.08 Å². The fourth-order valence-electron chi connectivity index (χ4n) is 7.13. The maximum Gasteiger partial charge on any atom is 0.0866 e. The molecule has 1 aromatic carbocycles. The molecule has 2 saturated carbocycles. The number of aliphatic imine (C=N–C) groups is 1. The second kappa shape index (κ2) is 46.9. The van der Waals surface area contributed by atoms with E-state index in [9.17, 15) is 4.39 Å². The second-order valence-corrected chi connectivity index (χ2v) is 16.0. The van der Waals surface area contributed by atoms with E-state index < -0.39 is 0 Å². The Bertz CT molecular complexity index is 1280. The summed E-state index contributed by atoms with van der Waals surface area (Å²) >= 11 is 0. The summed E-state index contributed by atoms with van der Waals surface area (Å²) in [5.41, 5.74) is 8.86. The Morgan fingerprint density at radius 3 is 1.83 bits per heavy atom. The molecule has 1 atom stereocenters. The fourth-order valence-corrected chi connectivity index (χ4v) is 7.13. The van der Waals surface area contributed by atoms with Crippen LogP contribution in [-0.2, 0) is 11.8 Å². The number of allylic oxidation sites excluding steroid dienone is 7. The third kappa shape index (κ3) is 31.7. The number of halogens is 1. The van der Waals surface area contributed by atoms with Gasteiger partial charge < -0.3 is 5.32 Å². The summed E-state index contributed by atoms with van der Waals surface area (Å²) in [5, 5.41) is 3.22. The van der Waals surface area contributed by atoms with Crippen LogP contribution in [0.3, 0.4) is 0 Å². The minimum atomic E-state index is 0.0914. The Morgan fingerprint density at radius 1 is 0.900 bits per heavy atom. The first-order chi connectivity index (χ1) is 28.8. The lowest BCUT2D eigenvalue weighted by molar-refractivity contribution is 0.195. The zero-order valence-electron chi connectivity index (χ0n) is 43.4. The van der Waals surface area contributed by atoms with Crippen LogP contribution in [-0.4, -0.2) is 13.3 Å². The average Bonchev–Trinajstić information content (AvgIpc) is 3.24. The predicted octanol–water partition coefficient (Wildman–Crippen LogP) is 19.0. The predicted molar refractivity (Wildman–Crippen MR) is 278 cm³/mol. The molecule has 2 fully saturated rings. The van der Waals surface area contributed by atoms with Gasteiger partial charge >= 0.3 is 0 Å². The largest absolute Gasteiger partial charge is 0.391 e. The highest BCUT2D eigenvalue weighted by atomic mass is 19.1. The molecule has 0 spiro atoms. The molecule has 60 heavy (non-hydrogen) atoms. The van der Waals surface area contributed by atoms with Crippen LogP contribution in [0.2, 0.25) is 0 Å². The number of rotatable bonds is 17. The number of hydrogen-bond donors (Lipinski definition) is 1. The van der Waals surface area contributed by atoms with Crippen LogP contribution in [0.25, 0.3) is 0 Å². The summed E-state index contributed by atoms with van der Waals surface area (Å²) in [6, 6.07) is 6.95. The molecule has 1 aromatic rings. The van der Waals surface area contributed by atoms with Crippen molar-refractivity contribution in [2.24, 2.45) is 22.7 Å². The first-order valence-corrected chi connectivity index (χ1v) is 24.4. The summed E-state index contributed by atoms with van der Waals surface area (Å²) in [5.74, 6) is 3.23. The quantitative estimate of drug-likeness (QED) is 0.0546. The first kappa shape index (κ1) is 66.0. The summed E-state index contributed by atoms with van der Waals surface area (Å²) in [6.07, 6.45) is 38.8. The molecule has 0 bridgehead atoms. The fraction of sp³-hybridized carbons (Fsp3) is 0.667. The lowest BCUT2D eigenvalue weighted by atomic mass is 9.68. The zero-order valence-corrected chi connectivity index (χ0v) is 43.4. The molecule has 0 radical (unpaired) electrons. The van der Waals surface area contributed by atoms with Gasteiger partial charge in [-0.3, -0.25) is 4.99 Å². The molecule has 0 aliphatic heterocycles. The summed E-state index contributed by atoms with van der Waals surface area (Å²) in [7, 11) is 1.95. The normalized spacial score (nSPS) is 16.7. The van der Waals surface area contributed by atoms with E-state index in [1.165, 1.54) is 111 Å². The Kier molecular flexibility index (Phi) is 51.6. The van der Waals surface area contributed by atoms with Crippen LogP contribution < -0.4 is 5.32 Å². The SMILES string of the molecule is C#C.C=C(C)C(CC)(CCC)c1ccc(C/C=C(N=CC)\C(C)=C(/C)NC)cc1C.CC.CC.CC/C=C\C=C/F.CC1CCC1.CCC.CCCCCCC1CC(C)C1. The van der Waals surface area contributed by atoms with Crippen LogP contribution in [0.1, 0.15) is 224 Å². The van der Waals surface area contributed by atoms with Crippen molar-refractivity contribution in [3.63, 3.8) is 0 Å². The minimum Gasteiger partial charge on any atom is -0.391 e. The first-order valence-electron chi connectivity index (χ1n) is 24.4. The van der Waals surface area contributed by atoms with Crippen LogP contribution >= 0.6 is 0 Å². The molecule has 2 aliphatic rings. The number of nitrogens with one attached hydrogen (secondary N) is 1. The molecule has 0 heterocycles. The van der Waals surface area contributed by atoms with Gasteiger partial charge in [0.25, 0.3) is 0 Å². The van der Waals surface area contributed by atoms with Gasteiger partial charge in [-0.2, -0.15) is 0 Å². The average molecular weight is 835 g/mol. The Morgan fingerprint density at radius 2 is 1.47 bits per heavy atom. The molecule has 3 rings (SSSR count). The number of benzene rings is 1. The van der Waals surface area contributed by atoms with Crippen LogP contribution in [0.4, 0.5) is 4.39 Å². The van der Waals surface area contributed by atoms with E-state index in [0.29, 0.717) is 6.33 Å². The van der Waals surface area contributed by atoms with Gasteiger partial charge in [0.05, 0.1) is 12.0 Å². The molecular weight excluding hydrogens is 732 g/mol. The van der Waals surface area contributed by atoms with Crippen molar-refractivity contribution in [1.82, 2.24) is 5.32 Å². The number of unbranched alkanes of at least 4 members (excludes halogenated alkanes) is 3. The third-order valence-electron chi connectivity index (χ3n) is 10.9. The lowest BCUT2D eigenvalue weighted by Gasteiger charge is -2.35. The number of nitrogens with zero attached hydrogens (tertiary/aromatic N) is 1. The summed E-state index contributed by atoms with van der Waals surface area (Å²) < 4.78 is 11.1. The molecule has 0 amide bonds. The van der Waals surface area contributed by atoms with E-state index in [1.807, 2.05) is 60.9 Å². The number of hydrogen-bond acceptors (Lipinski definition) is 2. The van der Waals surface area contributed by atoms with Crippen molar-refractivity contribution in [2.45, 2.75) is 226 Å². The maximum atomic E-state index is 11.1. The van der Waals surface area contributed by atoms with Gasteiger partial charge in [0.1, 0.15) is 0 Å². The van der Waals surface area contributed by atoms with Crippen molar-refractivity contribution >= 4 is 6.21 Å². The molecule has 2 aliphatic carbocycles. The lowest BCUT2D eigenvalue weighted by Crippen LogP contribution is -2.27. The standard InChI is InChI=1S/C26H40N2.C11H22.C6H9F.C5H10.C3H8.2C2H6.C2H2/c1-10-17-26(11-2,19(4)5)24-15-13-23(18-20(24)6)14-16-25(28-12-3)21(7)22(8)27-9;1-3-4-5-6-7-11-8-10(2)9-11;1-2-3-4-5-6-7;1-5-3-2-4-5;1-3-2;3*1-2/h12-13,15-16,18,27H,4,10-11,14,17H2,1-3,5-9H3;10-11H,3-9H2,1-2H3;3-6H,2H2,1H3;5H,2-4H2,1H3;3H2,1-2H3;2*1-2H3;1-2H/b22-21+,25-16+,28-12?;;4-3-,6-5-;;;;;. The van der Waals surface area contributed by atoms with Gasteiger partial charge in [0, 0.05) is 24.4 Å². The van der Waals surface area contributed by atoms with E-state index in [-0.39, 0.29) is 5.41 Å². The van der Waals surface area contributed by atoms with Gasteiger partial charge in [0.15, 0.2) is 0 Å². The van der Waals surface area contributed by atoms with Crippen LogP contribution in [0.15, 0.2) is 82.9 Å². The third-order valence-corrected chi connectivity index (χ3v) is 10.9. The van der Waals surface area contributed by atoms with E-state index in [2.05, 4.69) is 130 Å². The second-order valence-electron chi connectivity index (χ2n) is 16.0. The summed E-state index contributed by atoms with van der Waals surface area (Å²) in [4.78, 5) is 4.57. The van der Waals surface area contributed by atoms with E-state index >= 15 is 0 Å². The van der Waals surface area contributed by atoms with E-state index in [4.69, 9.17) is 0 Å². The minimum absolute atomic E-state index is 0.0914. The van der Waals surface area contributed by atoms with Gasteiger partial charge in [-0.1, -0.05) is 196 Å². The van der Waals surface area contributed by atoms with Crippen molar-refractivity contribution in [3.05, 3.63) is 94.6 Å². The summed E-state index contributed by atoms with van der Waals surface area (Å²) in [6.45, 7) is 40.7. The van der Waals surface area contributed by atoms with Gasteiger partial charge in [-0.05, 0) is 119 Å². The molecule has 2 nitrogen and oxygen atoms in total. The van der Waals surface area contributed by atoms with E-state index in [0.717, 1.165) is 54.8 Å². The van der Waals surface area contributed by atoms with Crippen molar-refractivity contribution in [2.75, 3.05) is 7.05 Å². The van der Waals surface area contributed by atoms with Crippen molar-refractivity contribution in [1.29, 1.82) is 0 Å². The zero-order chi connectivity index (χ0) is 47.4. The topological polar surface area (TPSA) is 24.4 Å². The van der Waals surface area contributed by atoms with Gasteiger partial charge in [-0.25, -0.2) is 4.39 Å². The molecule has 1 unspecified atom stereocenters. The van der Waals surface area contributed by atoms with Crippen molar-refractivity contribution < 1.29 is 4.39 Å². The molecule has 0 aromatic heterocycles. The molecule has 3 heteroatoms. The monoisotopic (exact) mass is 835 g/mol. The molecule has 1 N–H and O–H groups in total. The van der Waals surface area contributed by atoms with Crippen LogP contribution in [0.5, 0.6) is 0 Å². The van der Waals surface area contributed by atoms with Gasteiger partial charge in [0.2, 0.25) is 0 Å². The smallest absolute Gasteiger partial charge is 0.0866 e. The molecule has 348 valence electrons. The van der Waals surface area contributed by atoms with Gasteiger partial charge in [-0.15, -0.1) is 12.8 Å². The van der Waals surface area contributed by atoms with Crippen LogP contribution in [0, 0.1) is 37.5 Å². The highest BCUT2D eigenvalue weighted by Gasteiger charge is 2.31. The number of aryl methyl sites for hydroxylation is 1. The number of terminal acetylenes is 1. The molecular formula is C57H103FN2. The highest BCUT2D eigenvalue weighted by molar-refractivity contribution is 5.57.